The van der Waals surface area contributed by atoms with Crippen LogP contribution >= 0.6 is 0 Å². The van der Waals surface area contributed by atoms with Gasteiger partial charge in [-0.2, -0.15) is 0 Å². The molecule has 138 valence electrons. The van der Waals surface area contributed by atoms with Crippen LogP contribution in [0.25, 0.3) is 22.2 Å². The number of benzene rings is 1. The summed E-state index contributed by atoms with van der Waals surface area (Å²) in [7, 11) is -6.00. The average molecular weight is 367 g/mol. The van der Waals surface area contributed by atoms with Crippen molar-refractivity contribution in [2.45, 2.75) is 33.6 Å². The molecule has 4 rings (SSSR count). The molecule has 8 heteroatoms. The van der Waals surface area contributed by atoms with Crippen molar-refractivity contribution in [1.82, 2.24) is 0 Å². The number of aryl methyl sites for hydroxylation is 1. The van der Waals surface area contributed by atoms with E-state index in [4.69, 9.17) is 4.42 Å². The lowest BCUT2D eigenvalue weighted by Gasteiger charge is -2.29. The number of ketones is 1. The van der Waals surface area contributed by atoms with Crippen molar-refractivity contribution in [3.63, 3.8) is 0 Å². The monoisotopic (exact) mass is 367 g/mol. The predicted molar refractivity (Wildman–Crippen MR) is 90.7 cm³/mol. The summed E-state index contributed by atoms with van der Waals surface area (Å²) in [6.07, 6.45) is 1.39. The van der Waals surface area contributed by atoms with Gasteiger partial charge in [0.2, 0.25) is 5.52 Å². The van der Waals surface area contributed by atoms with E-state index in [1.165, 1.54) is 0 Å². The zero-order chi connectivity index (χ0) is 19.3. The number of para-hydroxylation sites is 1. The van der Waals surface area contributed by atoms with Crippen LogP contribution in [0.1, 0.15) is 42.1 Å². The Balaban J connectivity index is 0.000000349. The van der Waals surface area contributed by atoms with Crippen LogP contribution < -0.4 is 4.98 Å². The minimum Gasteiger partial charge on any atom is -0.459 e. The van der Waals surface area contributed by atoms with Gasteiger partial charge in [0.15, 0.2) is 11.5 Å². The highest BCUT2D eigenvalue weighted by Gasteiger charge is 2.39. The van der Waals surface area contributed by atoms with Gasteiger partial charge in [0.25, 0.3) is 5.69 Å². The molecule has 0 amide bonds. The van der Waals surface area contributed by atoms with Crippen molar-refractivity contribution >= 4 is 23.9 Å². The maximum absolute atomic E-state index is 12.7. The molecule has 1 aromatic rings. The third-order valence-corrected chi connectivity index (χ3v) is 4.42. The molecule has 3 aliphatic rings. The van der Waals surface area contributed by atoms with Gasteiger partial charge in [-0.25, -0.2) is 4.98 Å². The first-order valence-electron chi connectivity index (χ1n) is 8.23. The van der Waals surface area contributed by atoms with Crippen molar-refractivity contribution in [2.75, 3.05) is 0 Å². The topological polar surface area (TPSA) is 44.4 Å². The molecule has 0 saturated heterocycles. The van der Waals surface area contributed by atoms with E-state index in [1.54, 1.807) is 0 Å². The van der Waals surface area contributed by atoms with Gasteiger partial charge in [-0.05, 0) is 11.5 Å². The number of hydrogen-bond donors (Lipinski definition) is 0. The molecule has 1 aromatic carbocycles. The number of hydrogen-bond acceptors (Lipinski definition) is 2. The van der Waals surface area contributed by atoms with E-state index in [-0.39, 0.29) is 11.2 Å². The number of nitrogens with one attached hydrogen (secondary N) is 1. The zero-order valence-corrected chi connectivity index (χ0v) is 14.6. The lowest BCUT2D eigenvalue weighted by atomic mass is 9.74. The van der Waals surface area contributed by atoms with E-state index in [9.17, 15) is 22.1 Å². The molecule has 0 fully saturated rings. The van der Waals surface area contributed by atoms with Crippen molar-refractivity contribution in [1.29, 1.82) is 0 Å². The van der Waals surface area contributed by atoms with Crippen LogP contribution in [0.2, 0.25) is 0 Å². The van der Waals surface area contributed by atoms with E-state index >= 15 is 0 Å². The fraction of sp³-hybridized carbons (Fsp3) is 0.333. The standard InChI is InChI=1S/C18H17NO2.BF4/c1-10-17-15(11-6-4-5-7-12(11)19-17)16-13(20)8-18(2,3)9-14(16)21-10;2-1(3,4)5/h4-7H,8-9H2,1-3H3;/q;-1/p+1. The Morgan fingerprint density at radius 3 is 2.35 bits per heavy atom. The van der Waals surface area contributed by atoms with Crippen LogP contribution in [0, 0.1) is 12.3 Å². The molecule has 0 atom stereocenters. The van der Waals surface area contributed by atoms with Crippen LogP contribution in [0.3, 0.4) is 0 Å². The SMILES string of the molecule is Cc1oc2c(c3c4ccccc4[nH+]c1-3)C(=O)CC(C)(C)C2.F[B-](F)(F)F. The Morgan fingerprint density at radius 2 is 1.69 bits per heavy atom. The first-order valence-corrected chi connectivity index (χ1v) is 8.23. The average Bonchev–Trinajstić information content (AvgIpc) is 2.84. The van der Waals surface area contributed by atoms with E-state index in [1.807, 2.05) is 25.1 Å². The Morgan fingerprint density at radius 1 is 1.08 bits per heavy atom. The quantitative estimate of drug-likeness (QED) is 0.409. The molecule has 0 bridgehead atoms. The number of aromatic amines is 1. The normalized spacial score (nSPS) is 16.3. The van der Waals surface area contributed by atoms with Crippen molar-refractivity contribution in [2.24, 2.45) is 5.41 Å². The second kappa shape index (κ2) is 6.11. The van der Waals surface area contributed by atoms with E-state index in [0.717, 1.165) is 45.7 Å². The molecule has 1 aliphatic carbocycles. The van der Waals surface area contributed by atoms with Crippen LogP contribution in [-0.4, -0.2) is 13.0 Å². The fourth-order valence-corrected chi connectivity index (χ4v) is 3.53. The molecule has 0 radical (unpaired) electrons. The number of rotatable bonds is 0. The van der Waals surface area contributed by atoms with Gasteiger partial charge >= 0.3 is 7.25 Å². The molecule has 0 saturated carbocycles. The van der Waals surface area contributed by atoms with Gasteiger partial charge in [-0.1, -0.05) is 26.0 Å². The third-order valence-electron chi connectivity index (χ3n) is 4.42. The number of carbonyl (C=O) groups excluding carboxylic acids is 1. The van der Waals surface area contributed by atoms with Gasteiger partial charge in [-0.15, -0.1) is 0 Å². The summed E-state index contributed by atoms with van der Waals surface area (Å²) < 4.78 is 45.0. The second-order valence-corrected chi connectivity index (χ2v) is 7.31. The number of fused-ring (bicyclic) bond motifs is 5. The summed E-state index contributed by atoms with van der Waals surface area (Å²) in [5, 5.41) is 1.11. The highest BCUT2D eigenvalue weighted by atomic mass is 19.5. The molecule has 0 aromatic heterocycles. The predicted octanol–water partition coefficient (Wildman–Crippen LogP) is 5.12. The van der Waals surface area contributed by atoms with Crippen molar-refractivity contribution in [3.05, 3.63) is 41.3 Å². The van der Waals surface area contributed by atoms with Gasteiger partial charge in [0.1, 0.15) is 5.76 Å². The summed E-state index contributed by atoms with van der Waals surface area (Å²) in [6.45, 7) is 6.21. The first-order chi connectivity index (χ1) is 12.0. The summed E-state index contributed by atoms with van der Waals surface area (Å²) >= 11 is 0. The largest absolute Gasteiger partial charge is 0.673 e. The molecule has 2 aliphatic heterocycles. The number of halogens is 4. The number of H-pyrrole nitrogens is 1. The molecule has 3 nitrogen and oxygen atoms in total. The molecule has 0 unspecified atom stereocenters. The minimum absolute atomic E-state index is 0.0280. The Hall–Kier alpha value is -2.38. The highest BCUT2D eigenvalue weighted by Crippen LogP contribution is 2.43. The molecule has 0 spiro atoms. The second-order valence-electron chi connectivity index (χ2n) is 7.31. The van der Waals surface area contributed by atoms with Crippen LogP contribution in [0.4, 0.5) is 17.3 Å². The summed E-state index contributed by atoms with van der Waals surface area (Å²) in [5.41, 5.74) is 3.79. The van der Waals surface area contributed by atoms with Gasteiger partial charge in [-0.3, -0.25) is 4.79 Å². The molecule has 26 heavy (non-hydrogen) atoms. The summed E-state index contributed by atoms with van der Waals surface area (Å²) in [5.74, 6) is 1.89. The lowest BCUT2D eigenvalue weighted by Crippen LogP contribution is -2.28. The minimum atomic E-state index is -6.00. The fourth-order valence-electron chi connectivity index (χ4n) is 3.53. The molecule has 2 heterocycles. The zero-order valence-electron chi connectivity index (χ0n) is 14.6. The van der Waals surface area contributed by atoms with E-state index in [0.29, 0.717) is 6.42 Å². The van der Waals surface area contributed by atoms with Crippen LogP contribution in [0.15, 0.2) is 28.7 Å². The van der Waals surface area contributed by atoms with Crippen molar-refractivity contribution in [3.8, 4) is 11.3 Å². The maximum Gasteiger partial charge on any atom is 0.673 e. The maximum atomic E-state index is 12.7. The van der Waals surface area contributed by atoms with Gasteiger partial charge in [0, 0.05) is 25.8 Å². The Labute approximate surface area is 147 Å². The van der Waals surface area contributed by atoms with Gasteiger partial charge < -0.3 is 21.7 Å². The molecular formula is C18H18BF4NO2. The van der Waals surface area contributed by atoms with Crippen LogP contribution in [0.5, 0.6) is 0 Å². The lowest BCUT2D eigenvalue weighted by molar-refractivity contribution is -0.329. The number of Topliss-reactive ketones (excluding diaryl/α,β-unsaturated/α-hetero) is 1. The highest BCUT2D eigenvalue weighted by molar-refractivity contribution is 6.50. The summed E-state index contributed by atoms with van der Waals surface area (Å²) in [4.78, 5) is 16.1. The third kappa shape index (κ3) is 3.59. The van der Waals surface area contributed by atoms with E-state index < -0.39 is 7.25 Å². The summed E-state index contributed by atoms with van der Waals surface area (Å²) in [6, 6.07) is 8.12. The van der Waals surface area contributed by atoms with Crippen LogP contribution in [-0.2, 0) is 6.42 Å². The molecular weight excluding hydrogens is 349 g/mol. The Kier molecular flexibility index (Phi) is 4.33. The number of aromatic nitrogens is 1. The first kappa shape index (κ1) is 18.4. The molecule has 1 N–H and O–H groups in total. The number of carbonyl (C=O) groups is 1. The van der Waals surface area contributed by atoms with E-state index in [2.05, 4.69) is 24.9 Å². The van der Waals surface area contributed by atoms with Crippen molar-refractivity contribution < 1.29 is 31.5 Å². The Bertz CT molecular complexity index is 956. The van der Waals surface area contributed by atoms with Gasteiger partial charge in [0.05, 0.1) is 16.5 Å². The smallest absolute Gasteiger partial charge is 0.459 e.